The molecule has 1 aromatic rings. The number of ether oxygens (including phenoxy) is 1. The van der Waals surface area contributed by atoms with Gasteiger partial charge >= 0.3 is 5.97 Å². The van der Waals surface area contributed by atoms with E-state index in [2.05, 4.69) is 5.32 Å². The lowest BCUT2D eigenvalue weighted by Gasteiger charge is -2.35. The summed E-state index contributed by atoms with van der Waals surface area (Å²) in [4.78, 5) is 53.0. The van der Waals surface area contributed by atoms with Crippen LogP contribution in [0.4, 0.5) is 11.4 Å². The smallest absolute Gasteiger partial charge is 0.309 e. The minimum atomic E-state index is -1.01. The molecule has 1 N–H and O–H groups in total. The Morgan fingerprint density at radius 2 is 1.77 bits per heavy atom. The molecule has 1 atom stereocenters. The van der Waals surface area contributed by atoms with E-state index in [1.807, 2.05) is 20.8 Å². The van der Waals surface area contributed by atoms with Gasteiger partial charge in [-0.15, -0.1) is 0 Å². The van der Waals surface area contributed by atoms with Crippen molar-refractivity contribution in [3.63, 3.8) is 0 Å². The van der Waals surface area contributed by atoms with Gasteiger partial charge in [-0.05, 0) is 31.9 Å². The standard InChI is InChI=1S/C22H29N3O5/c1-14(19(27)25-13-18(26)23-16-7-5-6-8-17(16)25)30-20(28)15-9-11-24(12-10-15)21(29)22(2,3)4/h5-8,14-15H,9-13H2,1-4H3,(H,23,26). The van der Waals surface area contributed by atoms with Crippen molar-refractivity contribution >= 4 is 35.1 Å². The topological polar surface area (TPSA) is 96.0 Å². The summed E-state index contributed by atoms with van der Waals surface area (Å²) >= 11 is 0. The molecule has 0 saturated carbocycles. The van der Waals surface area contributed by atoms with Crippen molar-refractivity contribution in [2.24, 2.45) is 11.3 Å². The molecular formula is C22H29N3O5. The lowest BCUT2D eigenvalue weighted by atomic mass is 9.91. The summed E-state index contributed by atoms with van der Waals surface area (Å²) in [5.41, 5.74) is 0.682. The SMILES string of the molecule is CC(OC(=O)C1CCN(C(=O)C(C)(C)C)CC1)C(=O)N1CC(=O)Nc2ccccc21. The molecule has 2 aliphatic rings. The Bertz CT molecular complexity index is 853. The molecular weight excluding hydrogens is 386 g/mol. The van der Waals surface area contributed by atoms with E-state index < -0.39 is 23.4 Å². The molecule has 1 unspecified atom stereocenters. The molecule has 0 spiro atoms. The van der Waals surface area contributed by atoms with Crippen LogP contribution >= 0.6 is 0 Å². The molecule has 30 heavy (non-hydrogen) atoms. The van der Waals surface area contributed by atoms with Gasteiger partial charge in [-0.25, -0.2) is 0 Å². The molecule has 1 aromatic carbocycles. The molecule has 3 amide bonds. The minimum absolute atomic E-state index is 0.0694. The van der Waals surface area contributed by atoms with Crippen molar-refractivity contribution in [3.05, 3.63) is 24.3 Å². The predicted molar refractivity (Wildman–Crippen MR) is 112 cm³/mol. The van der Waals surface area contributed by atoms with Crippen LogP contribution in [0.1, 0.15) is 40.5 Å². The third-order valence-electron chi connectivity index (χ3n) is 5.43. The highest BCUT2D eigenvalue weighted by atomic mass is 16.5. The number of carbonyl (C=O) groups is 4. The van der Waals surface area contributed by atoms with E-state index in [-0.39, 0.29) is 24.3 Å². The van der Waals surface area contributed by atoms with Gasteiger partial charge in [0.1, 0.15) is 6.54 Å². The first-order chi connectivity index (χ1) is 14.1. The van der Waals surface area contributed by atoms with Crippen LogP contribution in [0, 0.1) is 11.3 Å². The maximum Gasteiger partial charge on any atom is 0.309 e. The Kier molecular flexibility index (Phi) is 6.14. The third-order valence-corrected chi connectivity index (χ3v) is 5.43. The monoisotopic (exact) mass is 415 g/mol. The van der Waals surface area contributed by atoms with E-state index in [0.717, 1.165) is 0 Å². The van der Waals surface area contributed by atoms with E-state index in [1.54, 1.807) is 29.2 Å². The van der Waals surface area contributed by atoms with E-state index in [4.69, 9.17) is 4.74 Å². The number of hydrogen-bond acceptors (Lipinski definition) is 5. The summed E-state index contributed by atoms with van der Waals surface area (Å²) in [7, 11) is 0. The first-order valence-electron chi connectivity index (χ1n) is 10.3. The largest absolute Gasteiger partial charge is 0.452 e. The summed E-state index contributed by atoms with van der Waals surface area (Å²) in [6.45, 7) is 8.03. The van der Waals surface area contributed by atoms with Gasteiger partial charge in [0.25, 0.3) is 5.91 Å². The molecule has 2 aliphatic heterocycles. The number of nitrogens with one attached hydrogen (secondary N) is 1. The van der Waals surface area contributed by atoms with Gasteiger partial charge in [-0.1, -0.05) is 32.9 Å². The number of nitrogens with zero attached hydrogens (tertiary/aromatic N) is 2. The Morgan fingerprint density at radius 3 is 2.40 bits per heavy atom. The maximum atomic E-state index is 12.9. The van der Waals surface area contributed by atoms with Gasteiger partial charge in [-0.2, -0.15) is 0 Å². The minimum Gasteiger partial charge on any atom is -0.452 e. The van der Waals surface area contributed by atoms with Gasteiger partial charge < -0.3 is 15.0 Å². The molecule has 0 bridgehead atoms. The molecule has 8 nitrogen and oxygen atoms in total. The lowest BCUT2D eigenvalue weighted by molar-refractivity contribution is -0.160. The van der Waals surface area contributed by atoms with Crippen LogP contribution in [-0.4, -0.2) is 54.3 Å². The molecule has 3 rings (SSSR count). The predicted octanol–water partition coefficient (Wildman–Crippen LogP) is 2.19. The molecule has 1 saturated heterocycles. The third kappa shape index (κ3) is 4.63. The van der Waals surface area contributed by atoms with Gasteiger partial charge in [0.05, 0.1) is 17.3 Å². The zero-order valence-corrected chi connectivity index (χ0v) is 17.9. The Labute approximate surface area is 176 Å². The van der Waals surface area contributed by atoms with E-state index in [1.165, 1.54) is 11.8 Å². The van der Waals surface area contributed by atoms with Gasteiger partial charge in [-0.3, -0.25) is 24.1 Å². The Morgan fingerprint density at radius 1 is 1.13 bits per heavy atom. The van der Waals surface area contributed by atoms with Gasteiger partial charge in [0, 0.05) is 18.5 Å². The van der Waals surface area contributed by atoms with Crippen molar-refractivity contribution in [3.8, 4) is 0 Å². The number of para-hydroxylation sites is 2. The fraction of sp³-hybridized carbons (Fsp3) is 0.545. The highest BCUT2D eigenvalue weighted by molar-refractivity contribution is 6.11. The van der Waals surface area contributed by atoms with Gasteiger partial charge in [0.15, 0.2) is 6.10 Å². The first-order valence-corrected chi connectivity index (χ1v) is 10.3. The number of fused-ring (bicyclic) bond motifs is 1. The van der Waals surface area contributed by atoms with Crippen LogP contribution in [0.5, 0.6) is 0 Å². The van der Waals surface area contributed by atoms with E-state index in [0.29, 0.717) is 37.3 Å². The molecule has 1 fully saturated rings. The van der Waals surface area contributed by atoms with Crippen molar-refractivity contribution < 1.29 is 23.9 Å². The van der Waals surface area contributed by atoms with Crippen LogP contribution in [0.2, 0.25) is 0 Å². The summed E-state index contributed by atoms with van der Waals surface area (Å²) in [6, 6.07) is 7.01. The van der Waals surface area contributed by atoms with Crippen molar-refractivity contribution in [2.45, 2.75) is 46.6 Å². The fourth-order valence-electron chi connectivity index (χ4n) is 3.76. The highest BCUT2D eigenvalue weighted by Crippen LogP contribution is 2.30. The van der Waals surface area contributed by atoms with Crippen LogP contribution in [0.15, 0.2) is 24.3 Å². The van der Waals surface area contributed by atoms with Crippen LogP contribution in [0.25, 0.3) is 0 Å². The summed E-state index contributed by atoms with van der Waals surface area (Å²) < 4.78 is 5.45. The number of esters is 1. The van der Waals surface area contributed by atoms with Crippen molar-refractivity contribution in [2.75, 3.05) is 29.9 Å². The molecule has 162 valence electrons. The van der Waals surface area contributed by atoms with Crippen LogP contribution in [-0.2, 0) is 23.9 Å². The number of amides is 3. The second kappa shape index (κ2) is 8.45. The van der Waals surface area contributed by atoms with Crippen LogP contribution in [0.3, 0.4) is 0 Å². The molecule has 2 heterocycles. The molecule has 0 radical (unpaired) electrons. The molecule has 0 aliphatic carbocycles. The second-order valence-corrected chi connectivity index (χ2v) is 8.89. The number of benzene rings is 1. The van der Waals surface area contributed by atoms with E-state index >= 15 is 0 Å². The first kappa shape index (κ1) is 21.8. The summed E-state index contributed by atoms with van der Waals surface area (Å²) in [6.07, 6.45) is 0.0123. The number of likely N-dealkylation sites (tertiary alicyclic amines) is 1. The Balaban J connectivity index is 1.58. The van der Waals surface area contributed by atoms with Crippen molar-refractivity contribution in [1.29, 1.82) is 0 Å². The van der Waals surface area contributed by atoms with Crippen LogP contribution < -0.4 is 10.2 Å². The van der Waals surface area contributed by atoms with Gasteiger partial charge in [0.2, 0.25) is 11.8 Å². The summed E-state index contributed by atoms with van der Waals surface area (Å²) in [5, 5.41) is 2.73. The van der Waals surface area contributed by atoms with E-state index in [9.17, 15) is 19.2 Å². The molecule has 0 aromatic heterocycles. The van der Waals surface area contributed by atoms with Crippen molar-refractivity contribution in [1.82, 2.24) is 4.90 Å². The number of anilines is 2. The average molecular weight is 415 g/mol. The summed E-state index contributed by atoms with van der Waals surface area (Å²) in [5.74, 6) is -1.45. The lowest BCUT2D eigenvalue weighted by Crippen LogP contribution is -2.48. The highest BCUT2D eigenvalue weighted by Gasteiger charge is 2.35. The average Bonchev–Trinajstić information content (AvgIpc) is 2.71. The second-order valence-electron chi connectivity index (χ2n) is 8.89. The maximum absolute atomic E-state index is 12.9. The molecule has 8 heteroatoms. The number of hydrogen-bond donors (Lipinski definition) is 1. The quantitative estimate of drug-likeness (QED) is 0.764. The normalized spacial score (nSPS) is 18.3. The number of carbonyl (C=O) groups excluding carboxylic acids is 4. The fourth-order valence-corrected chi connectivity index (χ4v) is 3.76. The zero-order chi connectivity index (χ0) is 22.1. The number of rotatable bonds is 3. The zero-order valence-electron chi connectivity index (χ0n) is 17.9. The Hall–Kier alpha value is -2.90. The number of piperidine rings is 1.